The molecule has 3 aromatic rings. The molecule has 2 unspecified atom stereocenters. The Bertz CT molecular complexity index is 1700. The summed E-state index contributed by atoms with van der Waals surface area (Å²) in [6.07, 6.45) is 2.97. The number of alkyl carbamates (subject to hydrolysis) is 1. The van der Waals surface area contributed by atoms with Crippen LogP contribution >= 0.6 is 0 Å². The largest absolute Gasteiger partial charge is 0.465 e. The van der Waals surface area contributed by atoms with Crippen LogP contribution in [0.1, 0.15) is 64.4 Å². The van der Waals surface area contributed by atoms with Crippen molar-refractivity contribution in [2.75, 3.05) is 4.72 Å². The monoisotopic (exact) mass is 651 g/mol. The zero-order chi connectivity index (χ0) is 33.2. The molecule has 5 rings (SSSR count). The summed E-state index contributed by atoms with van der Waals surface area (Å²) in [5.41, 5.74) is 2.38. The molecule has 2 saturated carbocycles. The lowest BCUT2D eigenvalue weighted by Crippen LogP contribution is -2.47. The zero-order valence-electron chi connectivity index (χ0n) is 25.8. The smallest absolute Gasteiger partial charge is 0.407 e. The number of rotatable bonds is 9. The predicted octanol–water partition coefficient (Wildman–Crippen LogP) is 6.13. The van der Waals surface area contributed by atoms with Gasteiger partial charge in [0.05, 0.1) is 0 Å². The van der Waals surface area contributed by atoms with Gasteiger partial charge in [-0.25, -0.2) is 18.0 Å². The van der Waals surface area contributed by atoms with Gasteiger partial charge in [-0.3, -0.25) is 4.72 Å². The molecule has 1 heterocycles. The van der Waals surface area contributed by atoms with Crippen LogP contribution < -0.4 is 10.0 Å². The molecule has 3 N–H and O–H groups in total. The van der Waals surface area contributed by atoms with Crippen molar-refractivity contribution >= 4 is 33.7 Å². The molecule has 0 spiro atoms. The van der Waals surface area contributed by atoms with E-state index < -0.39 is 38.6 Å². The van der Waals surface area contributed by atoms with Crippen molar-refractivity contribution in [3.05, 3.63) is 82.5 Å². The Morgan fingerprint density at radius 2 is 1.72 bits per heavy atom. The SMILES string of the molecule is CC(C)(C)OC(=O)NC1CCC(N(C(=O)O)C2CC2c2ccc(-c3cccc(NS(=O)(=O)c4ccc([N+](=O)[O-])nc4)c3)cc2)CC1. The normalized spacial score (nSPS) is 21.1. The summed E-state index contributed by atoms with van der Waals surface area (Å²) in [5.74, 6) is -0.370. The highest BCUT2D eigenvalue weighted by molar-refractivity contribution is 7.92. The first-order valence-electron chi connectivity index (χ1n) is 15.0. The highest BCUT2D eigenvalue weighted by atomic mass is 32.2. The molecule has 2 aliphatic rings. The fourth-order valence-corrected chi connectivity index (χ4v) is 6.92. The minimum Gasteiger partial charge on any atom is -0.465 e. The third-order valence-electron chi connectivity index (χ3n) is 8.15. The van der Waals surface area contributed by atoms with Gasteiger partial charge in [-0.05, 0) is 97.7 Å². The second kappa shape index (κ2) is 12.9. The second-order valence-corrected chi connectivity index (χ2v) is 14.4. The molecule has 14 heteroatoms. The Balaban J connectivity index is 1.19. The first-order valence-corrected chi connectivity index (χ1v) is 16.5. The number of amides is 2. The molecule has 2 aromatic carbocycles. The van der Waals surface area contributed by atoms with E-state index >= 15 is 0 Å². The van der Waals surface area contributed by atoms with Crippen molar-refractivity contribution in [3.8, 4) is 11.1 Å². The molecule has 2 aliphatic carbocycles. The topological polar surface area (TPSA) is 181 Å². The number of carboxylic acid groups (broad SMARTS) is 1. The average Bonchev–Trinajstić information content (AvgIpc) is 3.77. The van der Waals surface area contributed by atoms with Gasteiger partial charge in [-0.2, -0.15) is 0 Å². The van der Waals surface area contributed by atoms with Crippen LogP contribution in [0.15, 0.2) is 71.8 Å². The Hall–Kier alpha value is -4.72. The number of carbonyl (C=O) groups excluding carboxylic acids is 1. The summed E-state index contributed by atoms with van der Waals surface area (Å²) >= 11 is 0. The Kier molecular flexibility index (Phi) is 9.20. The number of hydrogen-bond acceptors (Lipinski definition) is 8. The van der Waals surface area contributed by atoms with E-state index in [2.05, 4.69) is 15.0 Å². The van der Waals surface area contributed by atoms with E-state index in [1.807, 2.05) is 51.1 Å². The third kappa shape index (κ3) is 7.91. The summed E-state index contributed by atoms with van der Waals surface area (Å²) in [6.45, 7) is 5.43. The van der Waals surface area contributed by atoms with E-state index in [4.69, 9.17) is 4.74 Å². The molecule has 13 nitrogen and oxygen atoms in total. The Morgan fingerprint density at radius 1 is 1.02 bits per heavy atom. The molecule has 0 aliphatic heterocycles. The maximum absolute atomic E-state index is 12.8. The van der Waals surface area contributed by atoms with Crippen LogP contribution in [0.25, 0.3) is 11.1 Å². The van der Waals surface area contributed by atoms with E-state index in [1.54, 1.807) is 23.1 Å². The summed E-state index contributed by atoms with van der Waals surface area (Å²) in [6, 6.07) is 16.5. The molecule has 0 saturated heterocycles. The number of pyridine rings is 1. The van der Waals surface area contributed by atoms with Crippen LogP contribution in [0.5, 0.6) is 0 Å². The molecule has 2 amide bonds. The van der Waals surface area contributed by atoms with Crippen LogP contribution in [0.3, 0.4) is 0 Å². The lowest BCUT2D eigenvalue weighted by atomic mass is 9.90. The molecule has 46 heavy (non-hydrogen) atoms. The van der Waals surface area contributed by atoms with Crippen LogP contribution in [0, 0.1) is 10.1 Å². The maximum atomic E-state index is 12.8. The van der Waals surface area contributed by atoms with Crippen LogP contribution in [0.2, 0.25) is 0 Å². The number of aromatic nitrogens is 1. The number of nitro groups is 1. The molecule has 0 radical (unpaired) electrons. The molecule has 2 fully saturated rings. The van der Waals surface area contributed by atoms with Crippen LogP contribution in [0.4, 0.5) is 21.1 Å². The minimum atomic E-state index is -4.02. The van der Waals surface area contributed by atoms with Gasteiger partial charge in [0.15, 0.2) is 6.20 Å². The molecule has 2 atom stereocenters. The number of anilines is 1. The van der Waals surface area contributed by atoms with E-state index in [0.717, 1.165) is 41.4 Å². The number of nitrogens with one attached hydrogen (secondary N) is 2. The van der Waals surface area contributed by atoms with E-state index in [9.17, 15) is 33.2 Å². The van der Waals surface area contributed by atoms with Crippen molar-refractivity contribution in [2.45, 2.75) is 87.4 Å². The van der Waals surface area contributed by atoms with Gasteiger partial charge in [0.1, 0.15) is 10.5 Å². The number of sulfonamides is 1. The van der Waals surface area contributed by atoms with Gasteiger partial charge < -0.3 is 30.2 Å². The fraction of sp³-hybridized carbons (Fsp3) is 0.406. The van der Waals surface area contributed by atoms with Crippen LogP contribution in [-0.2, 0) is 14.8 Å². The molecule has 1 aromatic heterocycles. The number of nitrogens with zero attached hydrogens (tertiary/aromatic N) is 3. The fourth-order valence-electron chi connectivity index (χ4n) is 5.93. The highest BCUT2D eigenvalue weighted by Crippen LogP contribution is 2.47. The van der Waals surface area contributed by atoms with Gasteiger partial charge in [0.25, 0.3) is 10.0 Å². The number of ether oxygens (including phenoxy) is 1. The first-order chi connectivity index (χ1) is 21.7. The quantitative estimate of drug-likeness (QED) is 0.181. The van der Waals surface area contributed by atoms with E-state index in [1.165, 1.54) is 0 Å². The van der Waals surface area contributed by atoms with Crippen molar-refractivity contribution in [2.24, 2.45) is 0 Å². The summed E-state index contributed by atoms with van der Waals surface area (Å²) in [7, 11) is -4.02. The third-order valence-corrected chi connectivity index (χ3v) is 9.52. The van der Waals surface area contributed by atoms with Crippen molar-refractivity contribution < 1.29 is 32.8 Å². The maximum Gasteiger partial charge on any atom is 0.407 e. The number of benzene rings is 2. The lowest BCUT2D eigenvalue weighted by molar-refractivity contribution is -0.389. The summed E-state index contributed by atoms with van der Waals surface area (Å²) in [5, 5.41) is 23.8. The Morgan fingerprint density at radius 3 is 2.30 bits per heavy atom. The van der Waals surface area contributed by atoms with Gasteiger partial charge >= 0.3 is 18.0 Å². The molecular formula is C32H37N5O8S. The number of carbonyl (C=O) groups is 2. The first kappa shape index (κ1) is 32.7. The summed E-state index contributed by atoms with van der Waals surface area (Å²) in [4.78, 5) is 39.6. The van der Waals surface area contributed by atoms with E-state index in [-0.39, 0.29) is 28.9 Å². The van der Waals surface area contributed by atoms with Gasteiger partial charge in [-0.1, -0.05) is 36.4 Å². The highest BCUT2D eigenvalue weighted by Gasteiger charge is 2.48. The number of hydrogen-bond donors (Lipinski definition) is 3. The van der Waals surface area contributed by atoms with Crippen molar-refractivity contribution in [1.29, 1.82) is 0 Å². The minimum absolute atomic E-state index is 0.0441. The molecule has 0 bridgehead atoms. The van der Waals surface area contributed by atoms with Crippen LogP contribution in [-0.4, -0.2) is 64.2 Å². The molecular weight excluding hydrogens is 614 g/mol. The standard InChI is InChI=1S/C32H37N5O8S/c1-32(2,3)45-30(38)34-23-11-13-25(14-12-23)36(31(39)40)28-18-27(28)21-9-7-20(8-10-21)22-5-4-6-24(17-22)35-46(43,44)26-15-16-29(33-19-26)37(41)42/h4-10,15-17,19,23,25,27-28,35H,11-14,18H2,1-3H3,(H,34,38)(H,39,40). The van der Waals surface area contributed by atoms with Crippen molar-refractivity contribution in [3.63, 3.8) is 0 Å². The molecule has 244 valence electrons. The van der Waals surface area contributed by atoms with Crippen molar-refractivity contribution in [1.82, 2.24) is 15.2 Å². The van der Waals surface area contributed by atoms with Gasteiger partial charge in [-0.15, -0.1) is 0 Å². The summed E-state index contributed by atoms with van der Waals surface area (Å²) < 4.78 is 33.5. The van der Waals surface area contributed by atoms with Gasteiger partial charge in [0.2, 0.25) is 0 Å². The second-order valence-electron chi connectivity index (χ2n) is 12.7. The van der Waals surface area contributed by atoms with E-state index in [0.29, 0.717) is 31.4 Å². The lowest BCUT2D eigenvalue weighted by Gasteiger charge is -2.36. The predicted molar refractivity (Wildman–Crippen MR) is 170 cm³/mol. The Labute approximate surface area is 267 Å². The van der Waals surface area contributed by atoms with Gasteiger partial charge in [0, 0.05) is 35.8 Å². The zero-order valence-corrected chi connectivity index (χ0v) is 26.6. The average molecular weight is 652 g/mol.